The van der Waals surface area contributed by atoms with E-state index in [4.69, 9.17) is 5.26 Å². The fraction of sp³-hybridized carbons (Fsp3) is 0.571. The van der Waals surface area contributed by atoms with E-state index in [2.05, 4.69) is 32.1 Å². The van der Waals surface area contributed by atoms with Gasteiger partial charge in [-0.1, -0.05) is 15.9 Å². The van der Waals surface area contributed by atoms with Crippen molar-refractivity contribution in [3.8, 4) is 6.07 Å². The molecule has 0 fully saturated rings. The molecule has 0 saturated carbocycles. The number of nitriles is 1. The number of hydrogen-bond acceptors (Lipinski definition) is 3. The van der Waals surface area contributed by atoms with Crippen LogP contribution in [0.15, 0.2) is 6.33 Å². The van der Waals surface area contributed by atoms with E-state index in [0.29, 0.717) is 11.8 Å². The highest BCUT2D eigenvalue weighted by atomic mass is 79.9. The van der Waals surface area contributed by atoms with Crippen molar-refractivity contribution in [2.75, 3.05) is 5.33 Å². The summed E-state index contributed by atoms with van der Waals surface area (Å²) in [6.45, 7) is 0. The Morgan fingerprint density at radius 1 is 1.83 bits per heavy atom. The summed E-state index contributed by atoms with van der Waals surface area (Å²) in [6, 6.07) is 2.19. The molecule has 0 radical (unpaired) electrons. The van der Waals surface area contributed by atoms with Crippen molar-refractivity contribution >= 4 is 15.9 Å². The Balaban J connectivity index is 2.64. The van der Waals surface area contributed by atoms with Gasteiger partial charge in [0.15, 0.2) is 0 Å². The summed E-state index contributed by atoms with van der Waals surface area (Å²) in [4.78, 5) is 4.03. The normalized spacial score (nSPS) is 12.4. The van der Waals surface area contributed by atoms with Gasteiger partial charge in [-0.15, -0.1) is 0 Å². The second-order valence-electron chi connectivity index (χ2n) is 2.48. The van der Waals surface area contributed by atoms with E-state index in [-0.39, 0.29) is 5.92 Å². The molecule has 0 N–H and O–H groups in total. The van der Waals surface area contributed by atoms with Gasteiger partial charge >= 0.3 is 0 Å². The molecule has 1 heterocycles. The van der Waals surface area contributed by atoms with Gasteiger partial charge in [-0.2, -0.15) is 10.4 Å². The molecule has 0 aliphatic carbocycles. The summed E-state index contributed by atoms with van der Waals surface area (Å²) in [5, 5.41) is 13.3. The predicted molar refractivity (Wildman–Crippen MR) is 47.6 cm³/mol. The lowest BCUT2D eigenvalue weighted by Crippen LogP contribution is -2.08. The van der Waals surface area contributed by atoms with Gasteiger partial charge in [0.1, 0.15) is 12.2 Å². The number of aromatic nitrogens is 3. The van der Waals surface area contributed by atoms with Gasteiger partial charge in [0.25, 0.3) is 0 Å². The average Bonchev–Trinajstić information content (AvgIpc) is 2.47. The predicted octanol–water partition coefficient (Wildman–Crippen LogP) is 0.892. The molecule has 0 aliphatic rings. The van der Waals surface area contributed by atoms with Gasteiger partial charge < -0.3 is 0 Å². The lowest BCUT2D eigenvalue weighted by Gasteiger charge is -2.02. The molecule has 1 rings (SSSR count). The molecule has 0 aromatic carbocycles. The highest BCUT2D eigenvalue weighted by molar-refractivity contribution is 9.09. The van der Waals surface area contributed by atoms with Gasteiger partial charge in [-0.05, 0) is 0 Å². The minimum atomic E-state index is -0.0205. The van der Waals surface area contributed by atoms with Crippen molar-refractivity contribution in [1.29, 1.82) is 5.26 Å². The third-order valence-electron chi connectivity index (χ3n) is 1.60. The summed E-state index contributed by atoms with van der Waals surface area (Å²) in [5.41, 5.74) is 0. The summed E-state index contributed by atoms with van der Waals surface area (Å²) in [6.07, 6.45) is 2.15. The highest BCUT2D eigenvalue weighted by Crippen LogP contribution is 2.06. The molecule has 0 aliphatic heterocycles. The molecule has 0 amide bonds. The Hall–Kier alpha value is -0.890. The van der Waals surface area contributed by atoms with Crippen LogP contribution in [0.25, 0.3) is 0 Å². The second kappa shape index (κ2) is 4.21. The maximum absolute atomic E-state index is 8.68. The molecule has 1 aromatic rings. The van der Waals surface area contributed by atoms with Crippen LogP contribution in [-0.4, -0.2) is 20.1 Å². The van der Waals surface area contributed by atoms with Crippen LogP contribution in [-0.2, 0) is 13.5 Å². The lowest BCUT2D eigenvalue weighted by molar-refractivity contribution is 0.641. The Kier molecular flexibility index (Phi) is 3.23. The van der Waals surface area contributed by atoms with E-state index in [1.54, 1.807) is 4.68 Å². The zero-order valence-corrected chi connectivity index (χ0v) is 8.32. The first kappa shape index (κ1) is 9.20. The SMILES string of the molecule is Cn1ncnc1CC(C#N)CBr. The average molecular weight is 229 g/mol. The monoisotopic (exact) mass is 228 g/mol. The summed E-state index contributed by atoms with van der Waals surface area (Å²) in [7, 11) is 1.82. The molecule has 0 spiro atoms. The molecule has 5 heteroatoms. The quantitative estimate of drug-likeness (QED) is 0.723. The van der Waals surface area contributed by atoms with Gasteiger partial charge in [0, 0.05) is 18.8 Å². The second-order valence-corrected chi connectivity index (χ2v) is 3.13. The van der Waals surface area contributed by atoms with Gasteiger partial charge in [0.2, 0.25) is 0 Å². The Labute approximate surface area is 79.3 Å². The Morgan fingerprint density at radius 2 is 2.58 bits per heavy atom. The highest BCUT2D eigenvalue weighted by Gasteiger charge is 2.09. The zero-order valence-electron chi connectivity index (χ0n) is 6.74. The number of aryl methyl sites for hydroxylation is 1. The molecule has 64 valence electrons. The van der Waals surface area contributed by atoms with Crippen LogP contribution in [0.5, 0.6) is 0 Å². The van der Waals surface area contributed by atoms with E-state index < -0.39 is 0 Å². The Morgan fingerprint density at radius 3 is 3.00 bits per heavy atom. The van der Waals surface area contributed by atoms with Crippen molar-refractivity contribution < 1.29 is 0 Å². The molecule has 1 aromatic heterocycles. The van der Waals surface area contributed by atoms with Crippen LogP contribution in [0.2, 0.25) is 0 Å². The maximum Gasteiger partial charge on any atom is 0.138 e. The van der Waals surface area contributed by atoms with E-state index in [1.165, 1.54) is 6.33 Å². The smallest absolute Gasteiger partial charge is 0.138 e. The molecule has 0 bridgehead atoms. The first-order chi connectivity index (χ1) is 5.77. The third kappa shape index (κ3) is 2.05. The van der Waals surface area contributed by atoms with E-state index in [0.717, 1.165) is 5.82 Å². The van der Waals surface area contributed by atoms with E-state index in [9.17, 15) is 0 Å². The standard InChI is InChI=1S/C7H9BrN4/c1-12-7(10-5-11-12)2-6(3-8)4-9/h5-6H,2-3H2,1H3. The summed E-state index contributed by atoms with van der Waals surface area (Å²) < 4.78 is 1.69. The first-order valence-electron chi connectivity index (χ1n) is 3.56. The van der Waals surface area contributed by atoms with Crippen molar-refractivity contribution in [2.45, 2.75) is 6.42 Å². The lowest BCUT2D eigenvalue weighted by atomic mass is 10.1. The number of hydrogen-bond donors (Lipinski definition) is 0. The third-order valence-corrected chi connectivity index (χ3v) is 2.38. The van der Waals surface area contributed by atoms with Gasteiger partial charge in [0.05, 0.1) is 12.0 Å². The fourth-order valence-electron chi connectivity index (χ4n) is 0.860. The van der Waals surface area contributed by atoms with Crippen molar-refractivity contribution in [3.63, 3.8) is 0 Å². The van der Waals surface area contributed by atoms with E-state index in [1.807, 2.05) is 7.05 Å². The molecule has 4 nitrogen and oxygen atoms in total. The van der Waals surface area contributed by atoms with Gasteiger partial charge in [-0.25, -0.2) is 4.98 Å². The molecular formula is C7H9BrN4. The minimum absolute atomic E-state index is 0.0205. The van der Waals surface area contributed by atoms with Crippen LogP contribution in [0.1, 0.15) is 5.82 Å². The van der Waals surface area contributed by atoms with Crippen molar-refractivity contribution in [1.82, 2.24) is 14.8 Å². The van der Waals surface area contributed by atoms with Crippen molar-refractivity contribution in [3.05, 3.63) is 12.2 Å². The van der Waals surface area contributed by atoms with Crippen LogP contribution >= 0.6 is 15.9 Å². The molecule has 0 saturated heterocycles. The molecule has 1 atom stereocenters. The van der Waals surface area contributed by atoms with Crippen LogP contribution in [0, 0.1) is 17.2 Å². The summed E-state index contributed by atoms with van der Waals surface area (Å²) in [5.74, 6) is 0.828. The number of rotatable bonds is 3. The van der Waals surface area contributed by atoms with Crippen LogP contribution < -0.4 is 0 Å². The Bertz CT molecular complexity index is 288. The molecule has 1 unspecified atom stereocenters. The number of halogens is 1. The van der Waals surface area contributed by atoms with Gasteiger partial charge in [-0.3, -0.25) is 4.68 Å². The summed E-state index contributed by atoms with van der Waals surface area (Å²) >= 11 is 3.27. The number of alkyl halides is 1. The topological polar surface area (TPSA) is 54.5 Å². The van der Waals surface area contributed by atoms with Crippen LogP contribution in [0.4, 0.5) is 0 Å². The largest absolute Gasteiger partial charge is 0.253 e. The first-order valence-corrected chi connectivity index (χ1v) is 4.68. The minimum Gasteiger partial charge on any atom is -0.253 e. The van der Waals surface area contributed by atoms with Crippen LogP contribution in [0.3, 0.4) is 0 Å². The maximum atomic E-state index is 8.68. The van der Waals surface area contributed by atoms with Crippen molar-refractivity contribution in [2.24, 2.45) is 13.0 Å². The molecule has 12 heavy (non-hydrogen) atoms. The zero-order chi connectivity index (χ0) is 8.97. The number of nitrogens with zero attached hydrogens (tertiary/aromatic N) is 4. The van der Waals surface area contributed by atoms with E-state index >= 15 is 0 Å². The molecular weight excluding hydrogens is 220 g/mol. The fourth-order valence-corrected chi connectivity index (χ4v) is 1.23.